The molecule has 0 aliphatic carbocycles. The molecular formula is C18H24ClN3O2. The number of aromatic nitrogens is 2. The van der Waals surface area contributed by atoms with Crippen molar-refractivity contribution in [2.45, 2.75) is 52.6 Å². The molecule has 0 radical (unpaired) electrons. The molecule has 0 unspecified atom stereocenters. The maximum atomic E-state index is 13.0. The van der Waals surface area contributed by atoms with Crippen LogP contribution >= 0.6 is 11.6 Å². The topological polar surface area (TPSA) is 58.4 Å². The van der Waals surface area contributed by atoms with Crippen molar-refractivity contribution in [3.8, 4) is 5.75 Å². The minimum Gasteiger partial charge on any atom is -0.504 e. The highest BCUT2D eigenvalue weighted by Crippen LogP contribution is 2.32. The number of piperidine rings is 1. The molecule has 0 saturated carbocycles. The van der Waals surface area contributed by atoms with E-state index in [1.54, 1.807) is 10.6 Å². The van der Waals surface area contributed by atoms with Crippen molar-refractivity contribution in [2.24, 2.45) is 0 Å². The molecule has 0 bridgehead atoms. The first-order valence-corrected chi connectivity index (χ1v) is 9.04. The fourth-order valence-corrected chi connectivity index (χ4v) is 3.71. The monoisotopic (exact) mass is 349 g/mol. The van der Waals surface area contributed by atoms with Gasteiger partial charge in [0.2, 0.25) is 0 Å². The molecule has 130 valence electrons. The first-order valence-electron chi connectivity index (χ1n) is 8.66. The van der Waals surface area contributed by atoms with Gasteiger partial charge >= 0.3 is 0 Å². The van der Waals surface area contributed by atoms with Crippen LogP contribution in [0.1, 0.15) is 44.0 Å². The van der Waals surface area contributed by atoms with Crippen molar-refractivity contribution in [3.05, 3.63) is 32.8 Å². The standard InChI is InChI=1S/C18H24ClN3O2/c1-3-7-22-14(11-21-8-5-4-6-9-21)20-16-15(18(22)24)12(2)10-13(19)17(16)23/h10,23H,3-9,11H2,1-2H3. The number of aromatic hydroxyl groups is 1. The Labute approximate surface area is 146 Å². The summed E-state index contributed by atoms with van der Waals surface area (Å²) < 4.78 is 1.76. The molecule has 1 N–H and O–H groups in total. The van der Waals surface area contributed by atoms with Gasteiger partial charge in [-0.3, -0.25) is 14.3 Å². The molecule has 1 fully saturated rings. The number of fused-ring (bicyclic) bond motifs is 1. The van der Waals surface area contributed by atoms with Gasteiger partial charge in [0.05, 0.1) is 17.0 Å². The zero-order valence-corrected chi connectivity index (χ0v) is 15.1. The molecule has 0 spiro atoms. The van der Waals surface area contributed by atoms with Crippen LogP contribution in [0.25, 0.3) is 10.9 Å². The second-order valence-corrected chi connectivity index (χ2v) is 6.98. The number of likely N-dealkylation sites (tertiary alicyclic amines) is 1. The number of hydrogen-bond acceptors (Lipinski definition) is 4. The van der Waals surface area contributed by atoms with Crippen molar-refractivity contribution in [1.82, 2.24) is 14.5 Å². The minimum absolute atomic E-state index is 0.0849. The Hall–Kier alpha value is -1.59. The second kappa shape index (κ2) is 7.11. The Morgan fingerprint density at radius 3 is 2.67 bits per heavy atom. The van der Waals surface area contributed by atoms with Crippen LogP contribution in [0.3, 0.4) is 0 Å². The summed E-state index contributed by atoms with van der Waals surface area (Å²) in [6.45, 7) is 7.20. The van der Waals surface area contributed by atoms with Gasteiger partial charge in [0.25, 0.3) is 5.56 Å². The predicted molar refractivity (Wildman–Crippen MR) is 96.8 cm³/mol. The summed E-state index contributed by atoms with van der Waals surface area (Å²) in [6, 6.07) is 1.63. The Morgan fingerprint density at radius 1 is 1.29 bits per heavy atom. The fraction of sp³-hybridized carbons (Fsp3) is 0.556. The number of phenolic OH excluding ortho intramolecular Hbond substituents is 1. The predicted octanol–water partition coefficient (Wildman–Crippen LogP) is 3.46. The number of phenols is 1. The molecule has 2 aromatic rings. The van der Waals surface area contributed by atoms with E-state index < -0.39 is 0 Å². The van der Waals surface area contributed by atoms with Crippen LogP contribution in [-0.2, 0) is 13.1 Å². The number of nitrogens with zero attached hydrogens (tertiary/aromatic N) is 3. The van der Waals surface area contributed by atoms with E-state index in [1.165, 1.54) is 19.3 Å². The number of halogens is 1. The third-order valence-electron chi connectivity index (χ3n) is 4.70. The summed E-state index contributed by atoms with van der Waals surface area (Å²) in [5, 5.41) is 11.0. The lowest BCUT2D eigenvalue weighted by Crippen LogP contribution is -2.34. The van der Waals surface area contributed by atoms with Gasteiger partial charge in [-0.15, -0.1) is 0 Å². The second-order valence-electron chi connectivity index (χ2n) is 6.57. The quantitative estimate of drug-likeness (QED) is 0.918. The minimum atomic E-state index is -0.0992. The average molecular weight is 350 g/mol. The van der Waals surface area contributed by atoms with Crippen LogP contribution < -0.4 is 5.56 Å². The fourth-order valence-electron chi connectivity index (χ4n) is 3.46. The first kappa shape index (κ1) is 17.2. The molecule has 1 aliphatic rings. The van der Waals surface area contributed by atoms with Crippen LogP contribution in [0.4, 0.5) is 0 Å². The lowest BCUT2D eigenvalue weighted by atomic mass is 10.1. The third-order valence-corrected chi connectivity index (χ3v) is 4.99. The largest absolute Gasteiger partial charge is 0.504 e. The average Bonchev–Trinajstić information content (AvgIpc) is 2.56. The van der Waals surface area contributed by atoms with Crippen molar-refractivity contribution in [1.29, 1.82) is 0 Å². The van der Waals surface area contributed by atoms with Crippen LogP contribution in [-0.4, -0.2) is 32.6 Å². The third kappa shape index (κ3) is 3.15. The van der Waals surface area contributed by atoms with E-state index in [-0.39, 0.29) is 16.3 Å². The van der Waals surface area contributed by atoms with Crippen LogP contribution in [0.15, 0.2) is 10.9 Å². The molecule has 24 heavy (non-hydrogen) atoms. The van der Waals surface area contributed by atoms with E-state index in [9.17, 15) is 9.90 Å². The van der Waals surface area contributed by atoms with E-state index >= 15 is 0 Å². The van der Waals surface area contributed by atoms with E-state index in [4.69, 9.17) is 11.6 Å². The molecule has 2 heterocycles. The van der Waals surface area contributed by atoms with Gasteiger partial charge in [-0.1, -0.05) is 24.9 Å². The first-order chi connectivity index (χ1) is 11.5. The Kier molecular flexibility index (Phi) is 5.11. The van der Waals surface area contributed by atoms with Crippen LogP contribution in [0, 0.1) is 6.92 Å². The summed E-state index contributed by atoms with van der Waals surface area (Å²) >= 11 is 6.08. The molecule has 0 atom stereocenters. The van der Waals surface area contributed by atoms with Gasteiger partial charge in [-0.2, -0.15) is 0 Å². The molecule has 1 saturated heterocycles. The van der Waals surface area contributed by atoms with E-state index in [1.807, 2.05) is 13.8 Å². The Balaban J connectivity index is 2.17. The molecule has 6 heteroatoms. The Morgan fingerprint density at radius 2 is 2.00 bits per heavy atom. The molecule has 1 aromatic heterocycles. The molecule has 0 amide bonds. The van der Waals surface area contributed by atoms with Gasteiger partial charge < -0.3 is 5.11 Å². The van der Waals surface area contributed by atoms with Gasteiger partial charge in [0.15, 0.2) is 5.75 Å². The summed E-state index contributed by atoms with van der Waals surface area (Å²) in [4.78, 5) is 20.0. The maximum Gasteiger partial charge on any atom is 0.261 e. The molecule has 5 nitrogen and oxygen atoms in total. The van der Waals surface area contributed by atoms with Crippen LogP contribution in [0.5, 0.6) is 5.75 Å². The number of rotatable bonds is 4. The van der Waals surface area contributed by atoms with E-state index in [0.29, 0.717) is 29.8 Å². The Bertz CT molecular complexity index is 810. The van der Waals surface area contributed by atoms with Gasteiger partial charge in [-0.25, -0.2) is 4.98 Å². The summed E-state index contributed by atoms with van der Waals surface area (Å²) in [6.07, 6.45) is 4.49. The molecular weight excluding hydrogens is 326 g/mol. The van der Waals surface area contributed by atoms with E-state index in [0.717, 1.165) is 25.1 Å². The van der Waals surface area contributed by atoms with Gasteiger partial charge in [0, 0.05) is 6.54 Å². The number of aryl methyl sites for hydroxylation is 1. The maximum absolute atomic E-state index is 13.0. The highest BCUT2D eigenvalue weighted by Gasteiger charge is 2.19. The summed E-state index contributed by atoms with van der Waals surface area (Å²) in [5.74, 6) is 0.617. The lowest BCUT2D eigenvalue weighted by molar-refractivity contribution is 0.212. The van der Waals surface area contributed by atoms with E-state index in [2.05, 4.69) is 9.88 Å². The molecule has 1 aliphatic heterocycles. The highest BCUT2D eigenvalue weighted by molar-refractivity contribution is 6.33. The van der Waals surface area contributed by atoms with Gasteiger partial charge in [-0.05, 0) is 50.9 Å². The zero-order chi connectivity index (χ0) is 17.3. The van der Waals surface area contributed by atoms with Crippen molar-refractivity contribution in [2.75, 3.05) is 13.1 Å². The van der Waals surface area contributed by atoms with Crippen molar-refractivity contribution >= 4 is 22.5 Å². The SMILES string of the molecule is CCCn1c(CN2CCCCC2)nc2c(O)c(Cl)cc(C)c2c1=O. The van der Waals surface area contributed by atoms with Crippen LogP contribution in [0.2, 0.25) is 5.02 Å². The van der Waals surface area contributed by atoms with Gasteiger partial charge in [0.1, 0.15) is 11.3 Å². The summed E-state index contributed by atoms with van der Waals surface area (Å²) in [5.41, 5.74) is 0.988. The number of benzene rings is 1. The molecule has 1 aromatic carbocycles. The molecule has 3 rings (SSSR count). The highest BCUT2D eigenvalue weighted by atomic mass is 35.5. The smallest absolute Gasteiger partial charge is 0.261 e. The number of hydrogen-bond donors (Lipinski definition) is 1. The van der Waals surface area contributed by atoms with Crippen molar-refractivity contribution < 1.29 is 5.11 Å². The summed E-state index contributed by atoms with van der Waals surface area (Å²) in [7, 11) is 0. The van der Waals surface area contributed by atoms with Crippen molar-refractivity contribution in [3.63, 3.8) is 0 Å². The lowest BCUT2D eigenvalue weighted by Gasteiger charge is -2.27. The zero-order valence-electron chi connectivity index (χ0n) is 14.3. The normalized spacial score (nSPS) is 16.0.